The zero-order valence-corrected chi connectivity index (χ0v) is 21.3. The van der Waals surface area contributed by atoms with Gasteiger partial charge in [0.25, 0.3) is 0 Å². The Morgan fingerprint density at radius 3 is 2.18 bits per heavy atom. The predicted molar refractivity (Wildman–Crippen MR) is 141 cm³/mol. The first kappa shape index (κ1) is 24.2. The standard InChI is InChI=1S/C25H13Cl5N2S/c26-15-7-5-14(6-8-15)23-11-17(16-3-1-2-4-20(16)27)18(12-31)25(32-23)33-13-19-21(28)9-10-22(29)24(19)30/h1-11H,13H2. The van der Waals surface area contributed by atoms with E-state index in [4.69, 9.17) is 63.0 Å². The molecule has 0 aliphatic rings. The Labute approximate surface area is 221 Å². The molecule has 1 heterocycles. The van der Waals surface area contributed by atoms with E-state index in [0.29, 0.717) is 58.3 Å². The van der Waals surface area contributed by atoms with Crippen LogP contribution in [0.15, 0.2) is 71.8 Å². The molecule has 0 radical (unpaired) electrons. The van der Waals surface area contributed by atoms with Crippen molar-refractivity contribution in [3.8, 4) is 28.5 Å². The normalized spacial score (nSPS) is 10.8. The lowest BCUT2D eigenvalue weighted by molar-refractivity contribution is 1.12. The highest BCUT2D eigenvalue weighted by atomic mass is 35.5. The molecule has 0 atom stereocenters. The van der Waals surface area contributed by atoms with Gasteiger partial charge < -0.3 is 0 Å². The molecule has 4 aromatic rings. The molecule has 0 saturated heterocycles. The number of nitriles is 1. The third kappa shape index (κ3) is 5.28. The second kappa shape index (κ2) is 10.6. The Morgan fingerprint density at radius 2 is 1.48 bits per heavy atom. The summed E-state index contributed by atoms with van der Waals surface area (Å²) in [6, 6.07) is 22.3. The predicted octanol–water partition coefficient (Wildman–Crippen LogP) is 9.85. The van der Waals surface area contributed by atoms with Gasteiger partial charge in [0.2, 0.25) is 0 Å². The Morgan fingerprint density at radius 1 is 0.788 bits per heavy atom. The molecule has 0 N–H and O–H groups in total. The summed E-state index contributed by atoms with van der Waals surface area (Å²) in [5.74, 6) is 0.381. The summed E-state index contributed by atoms with van der Waals surface area (Å²) in [5.41, 5.74) is 4.07. The molecule has 0 amide bonds. The Balaban J connectivity index is 1.87. The Hall–Kier alpha value is -1.90. The molecule has 1 aromatic heterocycles. The maximum Gasteiger partial charge on any atom is 0.115 e. The van der Waals surface area contributed by atoms with Gasteiger partial charge >= 0.3 is 0 Å². The van der Waals surface area contributed by atoms with Gasteiger partial charge in [0.15, 0.2) is 0 Å². The monoisotopic (exact) mass is 548 g/mol. The summed E-state index contributed by atoms with van der Waals surface area (Å²) in [5, 5.41) is 13.1. The van der Waals surface area contributed by atoms with E-state index in [2.05, 4.69) is 6.07 Å². The SMILES string of the molecule is N#Cc1c(-c2ccccc2Cl)cc(-c2ccc(Cl)cc2)nc1SCc1c(Cl)ccc(Cl)c1Cl. The average Bonchev–Trinajstić information content (AvgIpc) is 2.82. The highest BCUT2D eigenvalue weighted by molar-refractivity contribution is 7.98. The van der Waals surface area contributed by atoms with Gasteiger partial charge in [0, 0.05) is 43.1 Å². The number of hydrogen-bond acceptors (Lipinski definition) is 3. The van der Waals surface area contributed by atoms with Crippen LogP contribution in [-0.2, 0) is 5.75 Å². The molecule has 4 rings (SSSR count). The summed E-state index contributed by atoms with van der Waals surface area (Å²) in [7, 11) is 0. The molecule has 3 aromatic carbocycles. The van der Waals surface area contributed by atoms with Crippen LogP contribution in [0, 0.1) is 11.3 Å². The summed E-state index contributed by atoms with van der Waals surface area (Å²) in [6.45, 7) is 0. The first-order valence-electron chi connectivity index (χ1n) is 9.60. The van der Waals surface area contributed by atoms with Gasteiger partial charge in [-0.3, -0.25) is 0 Å². The van der Waals surface area contributed by atoms with Crippen LogP contribution in [0.1, 0.15) is 11.1 Å². The van der Waals surface area contributed by atoms with Crippen LogP contribution >= 0.6 is 69.8 Å². The highest BCUT2D eigenvalue weighted by Gasteiger charge is 2.19. The molecule has 0 aliphatic heterocycles. The molecule has 164 valence electrons. The molecule has 0 fully saturated rings. The molecular weight excluding hydrogens is 538 g/mol. The van der Waals surface area contributed by atoms with E-state index in [9.17, 15) is 5.26 Å². The van der Waals surface area contributed by atoms with E-state index < -0.39 is 0 Å². The van der Waals surface area contributed by atoms with Crippen LogP contribution in [0.3, 0.4) is 0 Å². The first-order chi connectivity index (χ1) is 15.9. The Bertz CT molecular complexity index is 1380. The molecule has 0 unspecified atom stereocenters. The lowest BCUT2D eigenvalue weighted by Crippen LogP contribution is -1.97. The molecule has 0 bridgehead atoms. The average molecular weight is 551 g/mol. The molecule has 0 aliphatic carbocycles. The van der Waals surface area contributed by atoms with Crippen molar-refractivity contribution < 1.29 is 0 Å². The zero-order valence-electron chi connectivity index (χ0n) is 16.8. The smallest absolute Gasteiger partial charge is 0.115 e. The van der Waals surface area contributed by atoms with Crippen molar-refractivity contribution in [1.82, 2.24) is 4.98 Å². The van der Waals surface area contributed by atoms with Gasteiger partial charge in [-0.05, 0) is 36.4 Å². The molecule has 2 nitrogen and oxygen atoms in total. The van der Waals surface area contributed by atoms with Crippen molar-refractivity contribution >= 4 is 69.8 Å². The number of pyridine rings is 1. The molecular formula is C25H13Cl5N2S. The number of benzene rings is 3. The zero-order chi connectivity index (χ0) is 23.5. The summed E-state index contributed by atoms with van der Waals surface area (Å²) < 4.78 is 0. The number of hydrogen-bond donors (Lipinski definition) is 0. The van der Waals surface area contributed by atoms with E-state index in [1.165, 1.54) is 11.8 Å². The van der Waals surface area contributed by atoms with Crippen molar-refractivity contribution in [2.24, 2.45) is 0 Å². The number of thioether (sulfide) groups is 1. The maximum absolute atomic E-state index is 10.1. The minimum atomic E-state index is 0.381. The fourth-order valence-electron chi connectivity index (χ4n) is 3.24. The number of rotatable bonds is 5. The van der Waals surface area contributed by atoms with Crippen LogP contribution < -0.4 is 0 Å². The van der Waals surface area contributed by atoms with Crippen LogP contribution in [-0.4, -0.2) is 4.98 Å². The van der Waals surface area contributed by atoms with E-state index in [1.54, 1.807) is 30.3 Å². The van der Waals surface area contributed by atoms with Crippen molar-refractivity contribution in [3.05, 3.63) is 103 Å². The summed E-state index contributed by atoms with van der Waals surface area (Å²) in [6.07, 6.45) is 0. The molecule has 8 heteroatoms. The fraction of sp³-hybridized carbons (Fsp3) is 0.0400. The van der Waals surface area contributed by atoms with Crippen LogP contribution in [0.5, 0.6) is 0 Å². The summed E-state index contributed by atoms with van der Waals surface area (Å²) in [4.78, 5) is 4.79. The molecule has 0 spiro atoms. The third-order valence-electron chi connectivity index (χ3n) is 4.89. The summed E-state index contributed by atoms with van der Waals surface area (Å²) >= 11 is 32.8. The number of halogens is 5. The van der Waals surface area contributed by atoms with E-state index in [1.807, 2.05) is 36.4 Å². The van der Waals surface area contributed by atoms with E-state index in [0.717, 1.165) is 11.1 Å². The minimum absolute atomic E-state index is 0.381. The van der Waals surface area contributed by atoms with Crippen LogP contribution in [0.2, 0.25) is 25.1 Å². The largest absolute Gasteiger partial charge is 0.240 e. The van der Waals surface area contributed by atoms with Gasteiger partial charge in [-0.2, -0.15) is 5.26 Å². The number of nitrogens with zero attached hydrogens (tertiary/aromatic N) is 2. The lowest BCUT2D eigenvalue weighted by Gasteiger charge is -2.14. The second-order valence-corrected chi connectivity index (χ2v) is 9.94. The second-order valence-electron chi connectivity index (χ2n) is 6.94. The van der Waals surface area contributed by atoms with Gasteiger partial charge in [-0.15, -0.1) is 11.8 Å². The van der Waals surface area contributed by atoms with Crippen molar-refractivity contribution in [3.63, 3.8) is 0 Å². The van der Waals surface area contributed by atoms with Crippen molar-refractivity contribution in [2.45, 2.75) is 10.8 Å². The maximum atomic E-state index is 10.1. The molecule has 33 heavy (non-hydrogen) atoms. The van der Waals surface area contributed by atoms with E-state index >= 15 is 0 Å². The van der Waals surface area contributed by atoms with Crippen LogP contribution in [0.4, 0.5) is 0 Å². The number of aromatic nitrogens is 1. The molecule has 0 saturated carbocycles. The van der Waals surface area contributed by atoms with Gasteiger partial charge in [0.05, 0.1) is 21.3 Å². The first-order valence-corrected chi connectivity index (χ1v) is 12.5. The highest BCUT2D eigenvalue weighted by Crippen LogP contribution is 2.40. The third-order valence-corrected chi connectivity index (χ3v) is 7.68. The van der Waals surface area contributed by atoms with Crippen molar-refractivity contribution in [1.29, 1.82) is 5.26 Å². The van der Waals surface area contributed by atoms with Gasteiger partial charge in [0.1, 0.15) is 11.1 Å². The topological polar surface area (TPSA) is 36.7 Å². The van der Waals surface area contributed by atoms with Gasteiger partial charge in [-0.1, -0.05) is 88.3 Å². The Kier molecular flexibility index (Phi) is 7.76. The minimum Gasteiger partial charge on any atom is -0.240 e. The quantitative estimate of drug-likeness (QED) is 0.183. The van der Waals surface area contributed by atoms with E-state index in [-0.39, 0.29) is 0 Å². The van der Waals surface area contributed by atoms with Gasteiger partial charge in [-0.25, -0.2) is 4.98 Å². The fourth-order valence-corrected chi connectivity index (χ4v) is 5.48. The lowest BCUT2D eigenvalue weighted by atomic mass is 9.99. The van der Waals surface area contributed by atoms with Crippen LogP contribution in [0.25, 0.3) is 22.4 Å². The van der Waals surface area contributed by atoms with Crippen molar-refractivity contribution in [2.75, 3.05) is 0 Å².